The van der Waals surface area contributed by atoms with Crippen molar-refractivity contribution in [2.75, 3.05) is 7.05 Å². The molecule has 1 heterocycles. The molecule has 33 heavy (non-hydrogen) atoms. The molecule has 0 fully saturated rings. The molecule has 0 bridgehead atoms. The summed E-state index contributed by atoms with van der Waals surface area (Å²) in [5.41, 5.74) is 3.24. The maximum Gasteiger partial charge on any atom is 0.266 e. The van der Waals surface area contributed by atoms with Crippen molar-refractivity contribution in [1.82, 2.24) is 14.5 Å². The zero-order chi connectivity index (χ0) is 23.5. The van der Waals surface area contributed by atoms with Gasteiger partial charge in [0.1, 0.15) is 5.82 Å². The Morgan fingerprint density at radius 3 is 2.45 bits per heavy atom. The van der Waals surface area contributed by atoms with Gasteiger partial charge in [-0.3, -0.25) is 14.2 Å². The fourth-order valence-corrected chi connectivity index (χ4v) is 4.03. The molecule has 0 N–H and O–H groups in total. The van der Waals surface area contributed by atoms with Crippen molar-refractivity contribution in [3.05, 3.63) is 105 Å². The van der Waals surface area contributed by atoms with E-state index in [1.165, 1.54) is 0 Å². The topological polar surface area (TPSA) is 55.2 Å². The first-order valence-corrected chi connectivity index (χ1v) is 11.3. The van der Waals surface area contributed by atoms with Crippen LogP contribution in [-0.4, -0.2) is 27.4 Å². The van der Waals surface area contributed by atoms with Crippen LogP contribution in [0.4, 0.5) is 0 Å². The van der Waals surface area contributed by atoms with Crippen LogP contribution in [0, 0.1) is 6.92 Å². The van der Waals surface area contributed by atoms with Crippen LogP contribution in [0.2, 0.25) is 5.02 Å². The lowest BCUT2D eigenvalue weighted by atomic mass is 10.1. The Bertz CT molecular complexity index is 1350. The summed E-state index contributed by atoms with van der Waals surface area (Å²) in [6.07, 6.45) is 1.03. The van der Waals surface area contributed by atoms with Crippen LogP contribution in [0.1, 0.15) is 36.3 Å². The average Bonchev–Trinajstić information content (AvgIpc) is 2.82. The monoisotopic (exact) mass is 459 g/mol. The Morgan fingerprint density at radius 1 is 1.06 bits per heavy atom. The Kier molecular flexibility index (Phi) is 6.61. The van der Waals surface area contributed by atoms with E-state index in [0.29, 0.717) is 40.3 Å². The molecule has 0 aliphatic heterocycles. The van der Waals surface area contributed by atoms with Crippen LogP contribution in [0.25, 0.3) is 16.6 Å². The van der Waals surface area contributed by atoms with E-state index in [2.05, 4.69) is 0 Å². The third-order valence-corrected chi connectivity index (χ3v) is 6.20. The number of fused-ring (bicyclic) bond motifs is 1. The summed E-state index contributed by atoms with van der Waals surface area (Å²) in [5.74, 6) is 0.483. The molecule has 4 rings (SSSR count). The maximum atomic E-state index is 13.5. The highest BCUT2D eigenvalue weighted by molar-refractivity contribution is 6.31. The van der Waals surface area contributed by atoms with Crippen molar-refractivity contribution in [2.24, 2.45) is 0 Å². The summed E-state index contributed by atoms with van der Waals surface area (Å²) >= 11 is 6.18. The van der Waals surface area contributed by atoms with Gasteiger partial charge < -0.3 is 4.90 Å². The van der Waals surface area contributed by atoms with Gasteiger partial charge in [-0.05, 0) is 56.2 Å². The molecule has 0 radical (unpaired) electrons. The van der Waals surface area contributed by atoms with E-state index < -0.39 is 6.04 Å². The Labute approximate surface area is 198 Å². The van der Waals surface area contributed by atoms with Crippen molar-refractivity contribution in [1.29, 1.82) is 0 Å². The van der Waals surface area contributed by atoms with Crippen LogP contribution in [0.3, 0.4) is 0 Å². The number of hydrogen-bond acceptors (Lipinski definition) is 3. The van der Waals surface area contributed by atoms with Crippen LogP contribution in [0.5, 0.6) is 0 Å². The molecule has 1 aromatic heterocycles. The van der Waals surface area contributed by atoms with Crippen LogP contribution in [0.15, 0.2) is 77.6 Å². The van der Waals surface area contributed by atoms with Crippen LogP contribution in [-0.2, 0) is 11.2 Å². The van der Waals surface area contributed by atoms with Gasteiger partial charge in [0.15, 0.2) is 0 Å². The summed E-state index contributed by atoms with van der Waals surface area (Å²) in [4.78, 5) is 33.0. The highest BCUT2D eigenvalue weighted by Crippen LogP contribution is 2.24. The van der Waals surface area contributed by atoms with E-state index in [1.807, 2.05) is 68.4 Å². The van der Waals surface area contributed by atoms with Crippen LogP contribution >= 0.6 is 11.6 Å². The molecule has 0 aliphatic carbocycles. The number of nitrogens with zero attached hydrogens (tertiary/aromatic N) is 3. The number of amides is 1. The quantitative estimate of drug-likeness (QED) is 0.382. The normalized spacial score (nSPS) is 12.0. The average molecular weight is 460 g/mol. The smallest absolute Gasteiger partial charge is 0.266 e. The fraction of sp³-hybridized carbons (Fsp3) is 0.222. The predicted octanol–water partition coefficient (Wildman–Crippen LogP) is 5.50. The first-order valence-electron chi connectivity index (χ1n) is 10.9. The minimum atomic E-state index is -0.425. The van der Waals surface area contributed by atoms with Gasteiger partial charge in [0.05, 0.1) is 22.6 Å². The summed E-state index contributed by atoms with van der Waals surface area (Å²) in [7, 11) is 1.76. The standard InChI is InChI=1S/C27H26ClN3O2/c1-18-9-13-22(14-10-18)31-26(29-24-17-21(28)12-15-23(24)27(31)33)19(2)30(3)25(32)16-11-20-7-5-4-6-8-20/h4-10,12-15,17,19H,11,16H2,1-3H3. The minimum Gasteiger partial charge on any atom is -0.336 e. The molecule has 3 aromatic carbocycles. The molecule has 0 aliphatic rings. The molecule has 1 atom stereocenters. The van der Waals surface area contributed by atoms with Gasteiger partial charge in [0.2, 0.25) is 5.91 Å². The number of carbonyl (C=O) groups is 1. The molecule has 168 valence electrons. The number of carbonyl (C=O) groups excluding carboxylic acids is 1. The number of aryl methyl sites for hydroxylation is 2. The van der Waals surface area contributed by atoms with E-state index in [-0.39, 0.29) is 11.5 Å². The summed E-state index contributed by atoms with van der Waals surface area (Å²) in [6, 6.07) is 22.3. The number of rotatable bonds is 6. The number of hydrogen-bond donors (Lipinski definition) is 0. The van der Waals surface area contributed by atoms with Gasteiger partial charge in [-0.2, -0.15) is 0 Å². The Morgan fingerprint density at radius 2 is 1.76 bits per heavy atom. The number of aromatic nitrogens is 2. The van der Waals surface area contributed by atoms with Crippen molar-refractivity contribution < 1.29 is 4.79 Å². The molecule has 1 amide bonds. The van der Waals surface area contributed by atoms with Gasteiger partial charge in [-0.15, -0.1) is 0 Å². The third kappa shape index (κ3) is 4.83. The first-order chi connectivity index (χ1) is 15.8. The number of benzene rings is 3. The van der Waals surface area contributed by atoms with E-state index in [0.717, 1.165) is 11.1 Å². The van der Waals surface area contributed by atoms with Gasteiger partial charge in [-0.1, -0.05) is 59.6 Å². The predicted molar refractivity (Wildman–Crippen MR) is 133 cm³/mol. The molecule has 0 saturated heterocycles. The zero-order valence-electron chi connectivity index (χ0n) is 19.0. The maximum absolute atomic E-state index is 13.5. The van der Waals surface area contributed by atoms with Gasteiger partial charge >= 0.3 is 0 Å². The second-order valence-electron chi connectivity index (χ2n) is 8.27. The molecular formula is C27H26ClN3O2. The van der Waals surface area contributed by atoms with Crippen molar-refractivity contribution in [2.45, 2.75) is 32.7 Å². The Hall–Kier alpha value is -3.44. The number of halogens is 1. The van der Waals surface area contributed by atoms with E-state index >= 15 is 0 Å². The lowest BCUT2D eigenvalue weighted by Crippen LogP contribution is -2.35. The third-order valence-electron chi connectivity index (χ3n) is 5.97. The molecule has 4 aromatic rings. The Balaban J connectivity index is 1.74. The van der Waals surface area contributed by atoms with Crippen molar-refractivity contribution in [3.63, 3.8) is 0 Å². The van der Waals surface area contributed by atoms with E-state index in [1.54, 1.807) is 34.7 Å². The highest BCUT2D eigenvalue weighted by Gasteiger charge is 2.24. The first kappa shape index (κ1) is 22.7. The summed E-state index contributed by atoms with van der Waals surface area (Å²) < 4.78 is 1.60. The molecule has 0 saturated carbocycles. The molecule has 0 spiro atoms. The molecular weight excluding hydrogens is 434 g/mol. The largest absolute Gasteiger partial charge is 0.336 e. The molecule has 6 heteroatoms. The highest BCUT2D eigenvalue weighted by atomic mass is 35.5. The molecule has 5 nitrogen and oxygen atoms in total. The summed E-state index contributed by atoms with van der Waals surface area (Å²) in [5, 5.41) is 0.988. The second-order valence-corrected chi connectivity index (χ2v) is 8.71. The second kappa shape index (κ2) is 9.59. The minimum absolute atomic E-state index is 0.0118. The van der Waals surface area contributed by atoms with E-state index in [9.17, 15) is 9.59 Å². The lowest BCUT2D eigenvalue weighted by molar-refractivity contribution is -0.131. The molecule has 1 unspecified atom stereocenters. The van der Waals surface area contributed by atoms with Gasteiger partial charge in [-0.25, -0.2) is 4.98 Å². The van der Waals surface area contributed by atoms with Crippen LogP contribution < -0.4 is 5.56 Å². The lowest BCUT2D eigenvalue weighted by Gasteiger charge is -2.27. The van der Waals surface area contributed by atoms with E-state index in [4.69, 9.17) is 16.6 Å². The zero-order valence-corrected chi connectivity index (χ0v) is 19.7. The summed E-state index contributed by atoms with van der Waals surface area (Å²) in [6.45, 7) is 3.89. The van der Waals surface area contributed by atoms with Gasteiger partial charge in [0, 0.05) is 18.5 Å². The van der Waals surface area contributed by atoms with Crippen molar-refractivity contribution in [3.8, 4) is 5.69 Å². The fourth-order valence-electron chi connectivity index (χ4n) is 3.86. The van der Waals surface area contributed by atoms with Gasteiger partial charge in [0.25, 0.3) is 5.56 Å². The van der Waals surface area contributed by atoms with Crippen molar-refractivity contribution >= 4 is 28.4 Å². The SMILES string of the molecule is Cc1ccc(-n2c(C(C)N(C)C(=O)CCc3ccccc3)nc3cc(Cl)ccc3c2=O)cc1.